The first-order valence-corrected chi connectivity index (χ1v) is 7.88. The van der Waals surface area contributed by atoms with Gasteiger partial charge in [0.2, 0.25) is 5.91 Å². The highest BCUT2D eigenvalue weighted by Crippen LogP contribution is 2.27. The Labute approximate surface area is 149 Å². The Morgan fingerprint density at radius 1 is 1.08 bits per heavy atom. The zero-order valence-corrected chi connectivity index (χ0v) is 14.2. The Balaban J connectivity index is 1.81. The van der Waals surface area contributed by atoms with Crippen molar-refractivity contribution in [1.82, 2.24) is 5.32 Å². The summed E-state index contributed by atoms with van der Waals surface area (Å²) >= 11 is 6.03. The summed E-state index contributed by atoms with van der Waals surface area (Å²) in [4.78, 5) is 23.5. The number of anilines is 2. The summed E-state index contributed by atoms with van der Waals surface area (Å²) < 4.78 is 18.1. The predicted molar refractivity (Wildman–Crippen MR) is 94.7 cm³/mol. The van der Waals surface area contributed by atoms with E-state index in [1.807, 2.05) is 6.92 Å². The molecule has 0 saturated carbocycles. The molecule has 2 aromatic carbocycles. The van der Waals surface area contributed by atoms with Gasteiger partial charge in [0.1, 0.15) is 11.6 Å². The van der Waals surface area contributed by atoms with Crippen LogP contribution in [0.4, 0.5) is 20.6 Å². The number of carbonyl (C=O) groups excluding carboxylic acids is 2. The summed E-state index contributed by atoms with van der Waals surface area (Å²) in [7, 11) is 0. The van der Waals surface area contributed by atoms with Crippen molar-refractivity contribution in [2.24, 2.45) is 0 Å². The van der Waals surface area contributed by atoms with Crippen molar-refractivity contribution in [2.75, 3.05) is 23.8 Å². The molecule has 0 heterocycles. The minimum Gasteiger partial charge on any atom is -0.492 e. The fourth-order valence-electron chi connectivity index (χ4n) is 1.93. The van der Waals surface area contributed by atoms with Crippen molar-refractivity contribution in [3.8, 4) is 5.75 Å². The molecular formula is C17H17ClFN3O3. The van der Waals surface area contributed by atoms with Gasteiger partial charge in [0.25, 0.3) is 0 Å². The molecule has 0 unspecified atom stereocenters. The monoisotopic (exact) mass is 365 g/mol. The highest BCUT2D eigenvalue weighted by Gasteiger charge is 2.08. The first kappa shape index (κ1) is 18.5. The molecule has 0 aliphatic heterocycles. The zero-order valence-electron chi connectivity index (χ0n) is 13.4. The summed E-state index contributed by atoms with van der Waals surface area (Å²) in [6, 6.07) is 9.57. The number of ether oxygens (including phenoxy) is 1. The molecule has 132 valence electrons. The number of hydrogen-bond donors (Lipinski definition) is 3. The third-order valence-corrected chi connectivity index (χ3v) is 3.32. The molecule has 8 heteroatoms. The second-order valence-electron chi connectivity index (χ2n) is 4.94. The van der Waals surface area contributed by atoms with E-state index in [4.69, 9.17) is 16.3 Å². The van der Waals surface area contributed by atoms with Crippen LogP contribution in [-0.2, 0) is 4.79 Å². The lowest BCUT2D eigenvalue weighted by atomic mass is 10.3. The zero-order chi connectivity index (χ0) is 18.2. The van der Waals surface area contributed by atoms with E-state index >= 15 is 0 Å². The summed E-state index contributed by atoms with van der Waals surface area (Å²) in [5.74, 6) is -0.315. The van der Waals surface area contributed by atoms with Gasteiger partial charge in [-0.2, -0.15) is 0 Å². The molecule has 0 atom stereocenters. The maximum Gasteiger partial charge on any atom is 0.319 e. The standard InChI is InChI=1S/C17H17ClFN3O3/c1-2-25-15-8-7-13(9-14(15)18)22-17(24)20-10-16(23)21-12-5-3-11(19)4-6-12/h3-9H,2,10H2,1H3,(H,21,23)(H2,20,22,24). The van der Waals surface area contributed by atoms with Gasteiger partial charge in [-0.3, -0.25) is 4.79 Å². The smallest absolute Gasteiger partial charge is 0.319 e. The normalized spacial score (nSPS) is 10.0. The van der Waals surface area contributed by atoms with Crippen molar-refractivity contribution in [3.63, 3.8) is 0 Å². The van der Waals surface area contributed by atoms with Gasteiger partial charge in [-0.1, -0.05) is 11.6 Å². The Kier molecular flexibility index (Phi) is 6.59. The summed E-state index contributed by atoms with van der Waals surface area (Å²) in [6.07, 6.45) is 0. The van der Waals surface area contributed by atoms with Crippen LogP contribution in [0.3, 0.4) is 0 Å². The molecule has 0 saturated heterocycles. The first-order chi connectivity index (χ1) is 12.0. The number of halogens is 2. The van der Waals surface area contributed by atoms with Crippen molar-refractivity contribution < 1.29 is 18.7 Å². The van der Waals surface area contributed by atoms with Crippen LogP contribution in [0.25, 0.3) is 0 Å². The van der Waals surface area contributed by atoms with Crippen molar-refractivity contribution in [1.29, 1.82) is 0 Å². The maximum atomic E-state index is 12.8. The first-order valence-electron chi connectivity index (χ1n) is 7.50. The minimum atomic E-state index is -0.561. The topological polar surface area (TPSA) is 79.5 Å². The number of rotatable bonds is 6. The average Bonchev–Trinajstić information content (AvgIpc) is 2.58. The highest BCUT2D eigenvalue weighted by molar-refractivity contribution is 6.32. The Morgan fingerprint density at radius 2 is 1.76 bits per heavy atom. The number of hydrogen-bond acceptors (Lipinski definition) is 3. The van der Waals surface area contributed by atoms with E-state index in [0.29, 0.717) is 28.8 Å². The quantitative estimate of drug-likeness (QED) is 0.731. The highest BCUT2D eigenvalue weighted by atomic mass is 35.5. The third-order valence-electron chi connectivity index (χ3n) is 3.03. The number of nitrogens with one attached hydrogen (secondary N) is 3. The van der Waals surface area contributed by atoms with Crippen LogP contribution in [-0.4, -0.2) is 25.1 Å². The summed E-state index contributed by atoms with van der Waals surface area (Å²) in [5.41, 5.74) is 0.900. The molecule has 6 nitrogen and oxygen atoms in total. The Hall–Kier alpha value is -2.80. The van der Waals surface area contributed by atoms with Gasteiger partial charge in [0.15, 0.2) is 0 Å². The van der Waals surface area contributed by atoms with Crippen LogP contribution in [0.5, 0.6) is 5.75 Å². The van der Waals surface area contributed by atoms with Gasteiger partial charge >= 0.3 is 6.03 Å². The fourth-order valence-corrected chi connectivity index (χ4v) is 2.16. The summed E-state index contributed by atoms with van der Waals surface area (Å²) in [5, 5.41) is 7.87. The molecule has 2 rings (SSSR count). The van der Waals surface area contributed by atoms with Crippen molar-refractivity contribution in [3.05, 3.63) is 53.3 Å². The van der Waals surface area contributed by atoms with E-state index in [1.165, 1.54) is 24.3 Å². The summed E-state index contributed by atoms with van der Waals surface area (Å²) in [6.45, 7) is 2.08. The fraction of sp³-hybridized carbons (Fsp3) is 0.176. The van der Waals surface area contributed by atoms with Crippen LogP contribution in [0, 0.1) is 5.82 Å². The molecule has 0 fully saturated rings. The predicted octanol–water partition coefficient (Wildman–Crippen LogP) is 3.64. The van der Waals surface area contributed by atoms with Crippen LogP contribution in [0.2, 0.25) is 5.02 Å². The maximum absolute atomic E-state index is 12.8. The van der Waals surface area contributed by atoms with E-state index in [1.54, 1.807) is 18.2 Å². The number of amides is 3. The largest absolute Gasteiger partial charge is 0.492 e. The molecule has 0 spiro atoms. The SMILES string of the molecule is CCOc1ccc(NC(=O)NCC(=O)Nc2ccc(F)cc2)cc1Cl. The molecule has 25 heavy (non-hydrogen) atoms. The van der Waals surface area contributed by atoms with E-state index in [9.17, 15) is 14.0 Å². The molecular weight excluding hydrogens is 349 g/mol. The van der Waals surface area contributed by atoms with Crippen molar-refractivity contribution in [2.45, 2.75) is 6.92 Å². The Morgan fingerprint density at radius 3 is 2.40 bits per heavy atom. The molecule has 0 aromatic heterocycles. The van der Waals surface area contributed by atoms with Crippen LogP contribution in [0.1, 0.15) is 6.92 Å². The van der Waals surface area contributed by atoms with Crippen LogP contribution >= 0.6 is 11.6 Å². The number of benzene rings is 2. The van der Waals surface area contributed by atoms with Crippen molar-refractivity contribution >= 4 is 34.9 Å². The van der Waals surface area contributed by atoms with E-state index in [2.05, 4.69) is 16.0 Å². The molecule has 3 amide bonds. The van der Waals surface area contributed by atoms with Gasteiger partial charge in [-0.05, 0) is 49.4 Å². The molecule has 3 N–H and O–H groups in total. The molecule has 0 bridgehead atoms. The molecule has 0 aliphatic carbocycles. The Bertz CT molecular complexity index is 753. The molecule has 0 aliphatic rings. The van der Waals surface area contributed by atoms with E-state index < -0.39 is 17.8 Å². The van der Waals surface area contributed by atoms with Crippen LogP contribution in [0.15, 0.2) is 42.5 Å². The van der Waals surface area contributed by atoms with Gasteiger partial charge in [-0.25, -0.2) is 9.18 Å². The van der Waals surface area contributed by atoms with Gasteiger partial charge < -0.3 is 20.7 Å². The van der Waals surface area contributed by atoms with E-state index in [0.717, 1.165) is 0 Å². The third kappa shape index (κ3) is 5.96. The molecule has 2 aromatic rings. The second kappa shape index (κ2) is 8.89. The average molecular weight is 366 g/mol. The van der Waals surface area contributed by atoms with Gasteiger partial charge in [0, 0.05) is 11.4 Å². The second-order valence-corrected chi connectivity index (χ2v) is 5.35. The lowest BCUT2D eigenvalue weighted by Gasteiger charge is -2.10. The van der Waals surface area contributed by atoms with Gasteiger partial charge in [0.05, 0.1) is 18.2 Å². The minimum absolute atomic E-state index is 0.242. The lowest BCUT2D eigenvalue weighted by Crippen LogP contribution is -2.35. The lowest BCUT2D eigenvalue weighted by molar-refractivity contribution is -0.115. The van der Waals surface area contributed by atoms with E-state index in [-0.39, 0.29) is 6.54 Å². The number of urea groups is 1. The van der Waals surface area contributed by atoms with Crippen LogP contribution < -0.4 is 20.7 Å². The molecule has 0 radical (unpaired) electrons. The number of carbonyl (C=O) groups is 2. The van der Waals surface area contributed by atoms with Gasteiger partial charge in [-0.15, -0.1) is 0 Å².